The van der Waals surface area contributed by atoms with Gasteiger partial charge in [-0.25, -0.2) is 19.0 Å². The van der Waals surface area contributed by atoms with Crippen LogP contribution < -0.4 is 15.4 Å². The van der Waals surface area contributed by atoms with Crippen molar-refractivity contribution in [2.45, 2.75) is 63.5 Å². The van der Waals surface area contributed by atoms with E-state index in [1.807, 2.05) is 32.0 Å². The molecular weight excluding hydrogens is 527 g/mol. The highest BCUT2D eigenvalue weighted by molar-refractivity contribution is 5.85. The minimum Gasteiger partial charge on any atom is -0.493 e. The van der Waals surface area contributed by atoms with Crippen LogP contribution in [0.4, 0.5) is 16.0 Å². The topological polar surface area (TPSA) is 132 Å². The van der Waals surface area contributed by atoms with Gasteiger partial charge in [-0.15, -0.1) is 0 Å². The Hall–Kier alpha value is -4.32. The summed E-state index contributed by atoms with van der Waals surface area (Å²) in [5.41, 5.74) is 3.03. The average Bonchev–Trinajstić information content (AvgIpc) is 3.74. The SMILES string of the molecule is COC1(C(=O)N[C@@H](C)c2ccc(-n3cc(F)cn3)nc2)CCC(c2nc(Nc3cc(C)[nH]n3)cc3c2CCO3)CC1. The fourth-order valence-corrected chi connectivity index (χ4v) is 5.73. The number of fused-ring (bicyclic) bond motifs is 1. The fraction of sp³-hybridized carbons (Fsp3) is 0.414. The summed E-state index contributed by atoms with van der Waals surface area (Å²) in [6, 6.07) is 7.16. The van der Waals surface area contributed by atoms with Gasteiger partial charge in [0.05, 0.1) is 30.7 Å². The molecular formula is C29H33FN8O3. The molecule has 0 radical (unpaired) electrons. The lowest BCUT2D eigenvalue weighted by Gasteiger charge is -2.38. The monoisotopic (exact) mass is 560 g/mol. The second kappa shape index (κ2) is 10.9. The van der Waals surface area contributed by atoms with Gasteiger partial charge in [0.25, 0.3) is 5.91 Å². The number of pyridine rings is 2. The van der Waals surface area contributed by atoms with Crippen molar-refractivity contribution >= 4 is 17.5 Å². The Morgan fingerprint density at radius 3 is 2.73 bits per heavy atom. The zero-order valence-corrected chi connectivity index (χ0v) is 23.3. The molecule has 4 aromatic heterocycles. The van der Waals surface area contributed by atoms with E-state index in [1.165, 1.54) is 10.9 Å². The molecule has 0 bridgehead atoms. The molecule has 4 aromatic rings. The highest BCUT2D eigenvalue weighted by Gasteiger charge is 2.44. The van der Waals surface area contributed by atoms with Gasteiger partial charge in [-0.1, -0.05) is 6.07 Å². The maximum absolute atomic E-state index is 13.5. The molecule has 0 spiro atoms. The molecule has 6 rings (SSSR count). The third-order valence-corrected chi connectivity index (χ3v) is 8.08. The van der Waals surface area contributed by atoms with E-state index in [0.717, 1.165) is 53.7 Å². The van der Waals surface area contributed by atoms with Crippen LogP contribution in [0, 0.1) is 12.7 Å². The zero-order chi connectivity index (χ0) is 28.6. The Labute approximate surface area is 236 Å². The van der Waals surface area contributed by atoms with Crippen molar-refractivity contribution in [1.82, 2.24) is 35.3 Å². The number of aromatic nitrogens is 6. The van der Waals surface area contributed by atoms with Crippen molar-refractivity contribution in [2.24, 2.45) is 0 Å². The highest BCUT2D eigenvalue weighted by Crippen LogP contribution is 2.44. The number of amides is 1. The molecule has 1 saturated carbocycles. The smallest absolute Gasteiger partial charge is 0.252 e. The first-order chi connectivity index (χ1) is 19.8. The summed E-state index contributed by atoms with van der Waals surface area (Å²) < 4.78 is 26.5. The Balaban J connectivity index is 1.13. The second-order valence-corrected chi connectivity index (χ2v) is 10.7. The first-order valence-electron chi connectivity index (χ1n) is 13.8. The molecule has 1 atom stereocenters. The first-order valence-corrected chi connectivity index (χ1v) is 13.8. The van der Waals surface area contributed by atoms with E-state index < -0.39 is 11.4 Å². The number of nitrogens with zero attached hydrogens (tertiary/aromatic N) is 5. The predicted molar refractivity (Wildman–Crippen MR) is 149 cm³/mol. The van der Waals surface area contributed by atoms with Crippen molar-refractivity contribution in [1.29, 1.82) is 0 Å². The van der Waals surface area contributed by atoms with Gasteiger partial charge >= 0.3 is 0 Å². The van der Waals surface area contributed by atoms with E-state index in [4.69, 9.17) is 14.5 Å². The highest BCUT2D eigenvalue weighted by atomic mass is 19.1. The number of anilines is 2. The van der Waals surface area contributed by atoms with E-state index >= 15 is 0 Å². The molecule has 12 heteroatoms. The van der Waals surface area contributed by atoms with E-state index in [-0.39, 0.29) is 17.9 Å². The summed E-state index contributed by atoms with van der Waals surface area (Å²) in [6.45, 7) is 4.49. The maximum Gasteiger partial charge on any atom is 0.252 e. The molecule has 1 fully saturated rings. The van der Waals surface area contributed by atoms with Crippen LogP contribution in [0.3, 0.4) is 0 Å². The van der Waals surface area contributed by atoms with Gasteiger partial charge in [0.15, 0.2) is 17.5 Å². The molecule has 214 valence electrons. The number of aryl methyl sites for hydroxylation is 1. The van der Waals surface area contributed by atoms with E-state index in [0.29, 0.717) is 36.9 Å². The Morgan fingerprint density at radius 2 is 2.07 bits per heavy atom. The summed E-state index contributed by atoms with van der Waals surface area (Å²) in [5.74, 6) is 2.36. The lowest BCUT2D eigenvalue weighted by atomic mass is 9.75. The van der Waals surface area contributed by atoms with Crippen LogP contribution in [0.1, 0.15) is 67.1 Å². The third-order valence-electron chi connectivity index (χ3n) is 8.08. The predicted octanol–water partition coefficient (Wildman–Crippen LogP) is 4.43. The normalized spacial score (nSPS) is 20.7. The minimum atomic E-state index is -0.924. The Bertz CT molecular complexity index is 1540. The summed E-state index contributed by atoms with van der Waals surface area (Å²) in [5, 5.41) is 17.5. The summed E-state index contributed by atoms with van der Waals surface area (Å²) in [6.07, 6.45) is 7.54. The van der Waals surface area contributed by atoms with Crippen molar-refractivity contribution < 1.29 is 18.7 Å². The van der Waals surface area contributed by atoms with Crippen LogP contribution >= 0.6 is 0 Å². The Morgan fingerprint density at radius 1 is 1.24 bits per heavy atom. The molecule has 0 unspecified atom stereocenters. The molecule has 41 heavy (non-hydrogen) atoms. The molecule has 0 aromatic carbocycles. The van der Waals surface area contributed by atoms with Crippen LogP contribution in [0.2, 0.25) is 0 Å². The first kappa shape index (κ1) is 26.9. The number of ether oxygens (including phenoxy) is 2. The van der Waals surface area contributed by atoms with Gasteiger partial charge in [-0.05, 0) is 51.2 Å². The van der Waals surface area contributed by atoms with Gasteiger partial charge < -0.3 is 20.1 Å². The quantitative estimate of drug-likeness (QED) is 0.288. The number of hydrogen-bond acceptors (Lipinski definition) is 8. The van der Waals surface area contributed by atoms with Crippen molar-refractivity contribution in [3.63, 3.8) is 0 Å². The molecule has 1 aliphatic heterocycles. The number of rotatable bonds is 8. The number of carbonyl (C=O) groups is 1. The standard InChI is InChI=1S/C29H33FN8O3/c1-17-12-25(37-36-17)34-24-13-23-22(8-11-41-23)27(35-24)19-6-9-29(40-3,10-7-19)28(39)33-18(2)20-4-5-26(31-14-20)38-16-21(30)15-32-38/h4-5,12-16,18-19H,6-11H2,1-3H3,(H,33,39)(H2,34,35,36,37)/t18-,19?,29?/m0/s1. The zero-order valence-electron chi connectivity index (χ0n) is 23.3. The maximum atomic E-state index is 13.5. The number of methoxy groups -OCH3 is 1. The van der Waals surface area contributed by atoms with E-state index in [9.17, 15) is 9.18 Å². The summed E-state index contributed by atoms with van der Waals surface area (Å²) >= 11 is 0. The van der Waals surface area contributed by atoms with E-state index in [1.54, 1.807) is 19.4 Å². The molecule has 0 saturated heterocycles. The molecule has 1 amide bonds. The summed E-state index contributed by atoms with van der Waals surface area (Å²) in [4.78, 5) is 22.9. The van der Waals surface area contributed by atoms with Crippen LogP contribution in [-0.2, 0) is 16.0 Å². The van der Waals surface area contributed by atoms with Crippen molar-refractivity contribution in [3.8, 4) is 11.6 Å². The van der Waals surface area contributed by atoms with Crippen molar-refractivity contribution in [2.75, 3.05) is 19.0 Å². The van der Waals surface area contributed by atoms with Gasteiger partial charge in [0.1, 0.15) is 17.2 Å². The fourth-order valence-electron chi connectivity index (χ4n) is 5.73. The number of halogens is 1. The minimum absolute atomic E-state index is 0.144. The van der Waals surface area contributed by atoms with Gasteiger partial charge in [0.2, 0.25) is 0 Å². The Kier molecular flexibility index (Phi) is 7.16. The number of nitrogens with one attached hydrogen (secondary N) is 3. The van der Waals surface area contributed by atoms with Gasteiger partial charge in [-0.3, -0.25) is 9.89 Å². The van der Waals surface area contributed by atoms with Crippen LogP contribution in [-0.4, -0.2) is 55.2 Å². The molecule has 1 aliphatic carbocycles. The summed E-state index contributed by atoms with van der Waals surface area (Å²) in [7, 11) is 1.60. The van der Waals surface area contributed by atoms with Gasteiger partial charge in [0, 0.05) is 49.0 Å². The largest absolute Gasteiger partial charge is 0.493 e. The molecule has 5 heterocycles. The number of carbonyl (C=O) groups excluding carboxylic acids is 1. The number of hydrogen-bond donors (Lipinski definition) is 3. The van der Waals surface area contributed by atoms with Crippen molar-refractivity contribution in [3.05, 3.63) is 71.2 Å². The lowest BCUT2D eigenvalue weighted by molar-refractivity contribution is -0.148. The second-order valence-electron chi connectivity index (χ2n) is 10.7. The molecule has 2 aliphatic rings. The molecule has 3 N–H and O–H groups in total. The van der Waals surface area contributed by atoms with Crippen LogP contribution in [0.5, 0.6) is 5.75 Å². The number of aromatic amines is 1. The lowest BCUT2D eigenvalue weighted by Crippen LogP contribution is -2.50. The number of H-pyrrole nitrogens is 1. The van der Waals surface area contributed by atoms with Crippen LogP contribution in [0.15, 0.2) is 42.9 Å². The molecule has 11 nitrogen and oxygen atoms in total. The van der Waals surface area contributed by atoms with E-state index in [2.05, 4.69) is 30.9 Å². The third kappa shape index (κ3) is 5.39. The average molecular weight is 561 g/mol. The van der Waals surface area contributed by atoms with Gasteiger partial charge in [-0.2, -0.15) is 10.2 Å². The van der Waals surface area contributed by atoms with Crippen LogP contribution in [0.25, 0.3) is 5.82 Å².